The van der Waals surface area contributed by atoms with Crippen molar-refractivity contribution in [2.75, 3.05) is 13.1 Å². The minimum absolute atomic E-state index is 0.197. The topological polar surface area (TPSA) is 91.5 Å². The molecule has 0 aliphatic carbocycles. The van der Waals surface area contributed by atoms with E-state index in [1.807, 2.05) is 0 Å². The maximum Gasteiger partial charge on any atom is 0.267 e. The summed E-state index contributed by atoms with van der Waals surface area (Å²) in [5.41, 5.74) is 3.35. The van der Waals surface area contributed by atoms with Crippen molar-refractivity contribution in [1.29, 1.82) is 0 Å². The van der Waals surface area contributed by atoms with E-state index in [1.54, 1.807) is 18.3 Å². The molecule has 0 unspecified atom stereocenters. The van der Waals surface area contributed by atoms with E-state index in [-0.39, 0.29) is 12.0 Å². The van der Waals surface area contributed by atoms with Crippen molar-refractivity contribution >= 4 is 5.91 Å². The number of hydrogen-bond acceptors (Lipinski definition) is 5. The molecule has 6 heteroatoms. The van der Waals surface area contributed by atoms with Gasteiger partial charge < -0.3 is 5.11 Å². The molecule has 1 fully saturated rings. The van der Waals surface area contributed by atoms with E-state index in [9.17, 15) is 9.90 Å². The van der Waals surface area contributed by atoms with Gasteiger partial charge in [-0.2, -0.15) is 0 Å². The number of rotatable bonds is 3. The van der Waals surface area contributed by atoms with E-state index < -0.39 is 0 Å². The molecule has 0 atom stereocenters. The quantitative estimate of drug-likeness (QED) is 0.387. The van der Waals surface area contributed by atoms with Gasteiger partial charge in [0.05, 0.1) is 17.4 Å². The summed E-state index contributed by atoms with van der Waals surface area (Å²) in [7, 11) is 0. The fourth-order valence-corrected chi connectivity index (χ4v) is 2.14. The largest absolute Gasteiger partial charge is 0.393 e. The Kier molecular flexibility index (Phi) is 4.24. The number of hydrazine groups is 1. The molecule has 4 N–H and O–H groups in total. The van der Waals surface area contributed by atoms with Crippen molar-refractivity contribution < 1.29 is 9.90 Å². The third kappa shape index (κ3) is 3.04. The van der Waals surface area contributed by atoms with E-state index in [0.29, 0.717) is 12.1 Å². The standard InChI is InChI=1S/C12H18N4O2/c13-15-12(18)10-2-1-5-14-11(10)8-16-6-3-9(17)4-7-16/h1-2,5,9,17H,3-4,6-8,13H2,(H,15,18). The SMILES string of the molecule is NNC(=O)c1cccnc1CN1CCC(O)CC1. The molecule has 1 aliphatic rings. The number of amides is 1. The number of aliphatic hydroxyl groups excluding tert-OH is 1. The lowest BCUT2D eigenvalue weighted by molar-refractivity contribution is 0.0780. The number of aliphatic hydroxyl groups is 1. The lowest BCUT2D eigenvalue weighted by atomic mass is 10.1. The van der Waals surface area contributed by atoms with Crippen LogP contribution in [0.4, 0.5) is 0 Å². The highest BCUT2D eigenvalue weighted by Crippen LogP contribution is 2.14. The van der Waals surface area contributed by atoms with Crippen LogP contribution >= 0.6 is 0 Å². The van der Waals surface area contributed by atoms with Crippen LogP contribution in [0, 0.1) is 0 Å². The Morgan fingerprint density at radius 2 is 2.28 bits per heavy atom. The van der Waals surface area contributed by atoms with E-state index in [4.69, 9.17) is 5.84 Å². The molecule has 98 valence electrons. The summed E-state index contributed by atoms with van der Waals surface area (Å²) in [6, 6.07) is 3.43. The summed E-state index contributed by atoms with van der Waals surface area (Å²) in [4.78, 5) is 18.0. The van der Waals surface area contributed by atoms with Crippen LogP contribution in [0.3, 0.4) is 0 Å². The average molecular weight is 250 g/mol. The third-order valence-corrected chi connectivity index (χ3v) is 3.20. The summed E-state index contributed by atoms with van der Waals surface area (Å²) < 4.78 is 0. The average Bonchev–Trinajstić information content (AvgIpc) is 2.41. The number of pyridine rings is 1. The van der Waals surface area contributed by atoms with Gasteiger partial charge in [0.2, 0.25) is 0 Å². The Labute approximate surface area is 106 Å². The number of nitrogen functional groups attached to an aromatic ring is 1. The molecular weight excluding hydrogens is 232 g/mol. The number of aromatic nitrogens is 1. The van der Waals surface area contributed by atoms with Crippen LogP contribution in [-0.2, 0) is 6.54 Å². The zero-order chi connectivity index (χ0) is 13.0. The van der Waals surface area contributed by atoms with Gasteiger partial charge >= 0.3 is 0 Å². The van der Waals surface area contributed by atoms with Crippen molar-refractivity contribution in [2.24, 2.45) is 5.84 Å². The molecule has 2 heterocycles. The van der Waals surface area contributed by atoms with Crippen LogP contribution in [0.25, 0.3) is 0 Å². The first-order valence-corrected chi connectivity index (χ1v) is 6.06. The first kappa shape index (κ1) is 12.9. The maximum absolute atomic E-state index is 11.6. The first-order chi connectivity index (χ1) is 8.70. The number of hydrogen-bond donors (Lipinski definition) is 3. The van der Waals surface area contributed by atoms with Crippen LogP contribution in [0.5, 0.6) is 0 Å². The van der Waals surface area contributed by atoms with Gasteiger partial charge in [0.25, 0.3) is 5.91 Å². The van der Waals surface area contributed by atoms with E-state index >= 15 is 0 Å². The number of carbonyl (C=O) groups excluding carboxylic acids is 1. The Morgan fingerprint density at radius 3 is 2.94 bits per heavy atom. The number of likely N-dealkylation sites (tertiary alicyclic amines) is 1. The van der Waals surface area contributed by atoms with E-state index in [2.05, 4.69) is 15.3 Å². The van der Waals surface area contributed by atoms with Gasteiger partial charge in [-0.1, -0.05) is 0 Å². The Bertz CT molecular complexity index is 416. The molecule has 1 aliphatic heterocycles. The van der Waals surface area contributed by atoms with Gasteiger partial charge in [-0.15, -0.1) is 0 Å². The van der Waals surface area contributed by atoms with Crippen molar-refractivity contribution in [1.82, 2.24) is 15.3 Å². The van der Waals surface area contributed by atoms with E-state index in [0.717, 1.165) is 31.6 Å². The number of nitrogens with one attached hydrogen (secondary N) is 1. The molecule has 1 aromatic heterocycles. The molecule has 18 heavy (non-hydrogen) atoms. The fraction of sp³-hybridized carbons (Fsp3) is 0.500. The summed E-state index contributed by atoms with van der Waals surface area (Å²) in [6.45, 7) is 2.25. The first-order valence-electron chi connectivity index (χ1n) is 6.06. The molecule has 6 nitrogen and oxygen atoms in total. The van der Waals surface area contributed by atoms with Gasteiger partial charge in [-0.3, -0.25) is 20.1 Å². The zero-order valence-corrected chi connectivity index (χ0v) is 10.2. The lowest BCUT2D eigenvalue weighted by Crippen LogP contribution is -2.37. The number of piperidine rings is 1. The van der Waals surface area contributed by atoms with Crippen LogP contribution in [-0.4, -0.2) is 40.1 Å². The van der Waals surface area contributed by atoms with Crippen molar-refractivity contribution in [3.8, 4) is 0 Å². The highest BCUT2D eigenvalue weighted by molar-refractivity contribution is 5.94. The monoisotopic (exact) mass is 250 g/mol. The van der Waals surface area contributed by atoms with Gasteiger partial charge in [-0.05, 0) is 25.0 Å². The normalized spacial score (nSPS) is 17.7. The Hall–Kier alpha value is -1.50. The van der Waals surface area contributed by atoms with Crippen molar-refractivity contribution in [3.63, 3.8) is 0 Å². The van der Waals surface area contributed by atoms with Crippen LogP contribution in [0.2, 0.25) is 0 Å². The fourth-order valence-electron chi connectivity index (χ4n) is 2.14. The number of nitrogens with two attached hydrogens (primary N) is 1. The molecular formula is C12H18N4O2. The lowest BCUT2D eigenvalue weighted by Gasteiger charge is -2.29. The minimum Gasteiger partial charge on any atom is -0.393 e. The summed E-state index contributed by atoms with van der Waals surface area (Å²) >= 11 is 0. The highest BCUT2D eigenvalue weighted by Gasteiger charge is 2.19. The van der Waals surface area contributed by atoms with Crippen LogP contribution < -0.4 is 11.3 Å². The second-order valence-corrected chi connectivity index (χ2v) is 4.48. The number of nitrogens with zero attached hydrogens (tertiary/aromatic N) is 2. The molecule has 1 amide bonds. The van der Waals surface area contributed by atoms with E-state index in [1.165, 1.54) is 0 Å². The van der Waals surface area contributed by atoms with Gasteiger partial charge in [0.15, 0.2) is 0 Å². The minimum atomic E-state index is -0.324. The third-order valence-electron chi connectivity index (χ3n) is 3.20. The van der Waals surface area contributed by atoms with Gasteiger partial charge in [0, 0.05) is 25.8 Å². The maximum atomic E-state index is 11.6. The molecule has 0 saturated carbocycles. The molecule has 0 radical (unpaired) electrons. The summed E-state index contributed by atoms with van der Waals surface area (Å²) in [5.74, 6) is 4.83. The molecule has 0 spiro atoms. The molecule has 1 aromatic rings. The summed E-state index contributed by atoms with van der Waals surface area (Å²) in [5, 5.41) is 9.45. The molecule has 0 aromatic carbocycles. The van der Waals surface area contributed by atoms with Gasteiger partial charge in [-0.25, -0.2) is 5.84 Å². The number of carbonyl (C=O) groups is 1. The van der Waals surface area contributed by atoms with Crippen molar-refractivity contribution in [3.05, 3.63) is 29.6 Å². The predicted octanol–water partition coefficient (Wildman–Crippen LogP) is -0.358. The van der Waals surface area contributed by atoms with Gasteiger partial charge in [0.1, 0.15) is 0 Å². The van der Waals surface area contributed by atoms with Crippen molar-refractivity contribution in [2.45, 2.75) is 25.5 Å². The predicted molar refractivity (Wildman–Crippen MR) is 66.4 cm³/mol. The summed E-state index contributed by atoms with van der Waals surface area (Å²) in [6.07, 6.45) is 3.01. The van der Waals surface area contributed by atoms with Crippen LogP contribution in [0.1, 0.15) is 28.9 Å². The molecule has 0 bridgehead atoms. The van der Waals surface area contributed by atoms with Crippen LogP contribution in [0.15, 0.2) is 18.3 Å². The zero-order valence-electron chi connectivity index (χ0n) is 10.2. The smallest absolute Gasteiger partial charge is 0.267 e. The second-order valence-electron chi connectivity index (χ2n) is 4.48. The highest BCUT2D eigenvalue weighted by atomic mass is 16.3. The Morgan fingerprint density at radius 1 is 1.56 bits per heavy atom. The second kappa shape index (κ2) is 5.90. The molecule has 2 rings (SSSR count). The molecule has 1 saturated heterocycles. The Balaban J connectivity index is 2.07.